The van der Waals surface area contributed by atoms with Crippen LogP contribution in [-0.2, 0) is 28.5 Å². The third kappa shape index (κ3) is 24.1. The van der Waals surface area contributed by atoms with E-state index in [1.807, 2.05) is 12.2 Å². The second kappa shape index (κ2) is 31.8. The lowest BCUT2D eigenvalue weighted by Gasteiger charge is -2.39. The molecule has 4 N–H and O–H groups in total. The summed E-state index contributed by atoms with van der Waals surface area (Å²) in [5.74, 6) is -0.866. The van der Waals surface area contributed by atoms with Crippen LogP contribution in [0.5, 0.6) is 0 Å². The van der Waals surface area contributed by atoms with Crippen LogP contribution < -0.4 is 0 Å². The van der Waals surface area contributed by atoms with Gasteiger partial charge < -0.3 is 39.4 Å². The highest BCUT2D eigenvalue weighted by Gasteiger charge is 2.44. The third-order valence-corrected chi connectivity index (χ3v) is 8.34. The predicted octanol–water partition coefficient (Wildman–Crippen LogP) is 6.88. The van der Waals surface area contributed by atoms with Gasteiger partial charge >= 0.3 is 11.9 Å². The summed E-state index contributed by atoms with van der Waals surface area (Å²) in [4.78, 5) is 25.2. The lowest BCUT2D eigenvalue weighted by molar-refractivity contribution is -0.305. The van der Waals surface area contributed by atoms with E-state index in [-0.39, 0.29) is 26.1 Å². The quantitative estimate of drug-likeness (QED) is 0.0339. The summed E-state index contributed by atoms with van der Waals surface area (Å²) in [5, 5.41) is 39.9. The fourth-order valence-corrected chi connectivity index (χ4v) is 5.31. The number of unbranched alkanes of at least 4 members (excludes halogenated alkanes) is 10. The van der Waals surface area contributed by atoms with Gasteiger partial charge in [0, 0.05) is 12.8 Å². The molecule has 0 amide bonds. The van der Waals surface area contributed by atoms with Gasteiger partial charge in [0.2, 0.25) is 0 Å². The topological polar surface area (TPSA) is 152 Å². The van der Waals surface area contributed by atoms with E-state index in [0.717, 1.165) is 89.9 Å². The van der Waals surface area contributed by atoms with Crippen LogP contribution >= 0.6 is 0 Å². The van der Waals surface area contributed by atoms with Crippen LogP contribution in [-0.4, -0.2) is 89.0 Å². The Kier molecular flexibility index (Phi) is 28.8. The maximum Gasteiger partial charge on any atom is 0.306 e. The fraction of sp³-hybridized carbons (Fsp3) is 0.659. The lowest BCUT2D eigenvalue weighted by Crippen LogP contribution is -2.59. The van der Waals surface area contributed by atoms with Gasteiger partial charge in [0.15, 0.2) is 12.4 Å². The van der Waals surface area contributed by atoms with Crippen molar-refractivity contribution >= 4 is 11.9 Å². The molecule has 0 aromatic carbocycles. The molecule has 0 bridgehead atoms. The Morgan fingerprint density at radius 1 is 0.608 bits per heavy atom. The number of hydrogen-bond acceptors (Lipinski definition) is 10. The average Bonchev–Trinajstić information content (AvgIpc) is 3.13. The van der Waals surface area contributed by atoms with E-state index in [2.05, 4.69) is 61.8 Å². The molecule has 10 heteroatoms. The largest absolute Gasteiger partial charge is 0.462 e. The van der Waals surface area contributed by atoms with E-state index in [1.165, 1.54) is 0 Å². The molecule has 290 valence electrons. The van der Waals surface area contributed by atoms with Crippen molar-refractivity contribution in [3.05, 3.63) is 73.9 Å². The minimum atomic E-state index is -1.60. The van der Waals surface area contributed by atoms with Crippen LogP contribution in [0.3, 0.4) is 0 Å². The third-order valence-electron chi connectivity index (χ3n) is 8.34. The van der Waals surface area contributed by atoms with Gasteiger partial charge in [-0.25, -0.2) is 0 Å². The Bertz CT molecular complexity index is 1030. The summed E-state index contributed by atoms with van der Waals surface area (Å²) in [6.07, 6.45) is 28.4. The molecule has 0 spiro atoms. The molecule has 51 heavy (non-hydrogen) atoms. The molecule has 1 aliphatic rings. The van der Waals surface area contributed by atoms with Crippen molar-refractivity contribution in [1.29, 1.82) is 0 Å². The van der Waals surface area contributed by atoms with E-state index in [0.29, 0.717) is 12.8 Å². The Balaban J connectivity index is 2.42. The monoisotopic (exact) mass is 718 g/mol. The molecule has 1 heterocycles. The van der Waals surface area contributed by atoms with Crippen LogP contribution in [0.4, 0.5) is 0 Å². The van der Waals surface area contributed by atoms with Gasteiger partial charge in [0.05, 0.1) is 13.2 Å². The zero-order valence-electron chi connectivity index (χ0n) is 30.7. The number of aliphatic hydroxyl groups is 4. The zero-order chi connectivity index (χ0) is 37.4. The zero-order valence-corrected chi connectivity index (χ0v) is 30.7. The first-order valence-electron chi connectivity index (χ1n) is 18.9. The summed E-state index contributed by atoms with van der Waals surface area (Å²) in [5.41, 5.74) is 0. The molecule has 0 saturated carbocycles. The number of carbonyl (C=O) groups excluding carboxylic acids is 2. The second-order valence-corrected chi connectivity index (χ2v) is 12.8. The molecular weight excluding hydrogens is 652 g/mol. The predicted molar refractivity (Wildman–Crippen MR) is 201 cm³/mol. The standard InChI is InChI=1S/C41H66O10/c1-3-5-7-9-11-13-15-17-19-21-23-25-27-29-36(43)48-32-34(33-49-41-40(47)39(46)38(45)35(31-42)51-41)50-37(44)30-28-26-24-22-20-18-16-14-12-10-8-6-4-2/h3-4,7-10,13-16,34-35,38-42,45-47H,1-2,5-6,11-12,17-33H2/b9-7+,10-8+,15-13-,16-14-/t34-,35-,38+,39+,40-,41-/m1/s1. The Hall–Kier alpha value is -2.86. The number of rotatable bonds is 31. The fourth-order valence-electron chi connectivity index (χ4n) is 5.31. The lowest BCUT2D eigenvalue weighted by atomic mass is 9.99. The molecule has 10 nitrogen and oxygen atoms in total. The Morgan fingerprint density at radius 2 is 1.10 bits per heavy atom. The maximum absolute atomic E-state index is 12.7. The Morgan fingerprint density at radius 3 is 1.65 bits per heavy atom. The first-order chi connectivity index (χ1) is 24.8. The van der Waals surface area contributed by atoms with Crippen LogP contribution in [0.1, 0.15) is 116 Å². The molecule has 0 radical (unpaired) electrons. The highest BCUT2D eigenvalue weighted by atomic mass is 16.7. The number of ether oxygens (including phenoxy) is 4. The molecule has 0 unspecified atom stereocenters. The van der Waals surface area contributed by atoms with Crippen molar-refractivity contribution < 1.29 is 49.0 Å². The molecule has 1 rings (SSSR count). The van der Waals surface area contributed by atoms with Crippen molar-refractivity contribution in [2.45, 2.75) is 152 Å². The SMILES string of the molecule is C=CC/C=C/C/C=C\CCCCCCCC(=O)OC[C@H](CO[C@@H]1O[C@H](CO)[C@H](O)[C@H](O)[C@H]1O)OC(=O)CCCCCCC/C=C\C/C=C/CC=C. The first kappa shape index (κ1) is 46.2. The first-order valence-corrected chi connectivity index (χ1v) is 18.9. The van der Waals surface area contributed by atoms with E-state index < -0.39 is 55.4 Å². The van der Waals surface area contributed by atoms with E-state index in [4.69, 9.17) is 18.9 Å². The average molecular weight is 719 g/mol. The minimum Gasteiger partial charge on any atom is -0.462 e. The van der Waals surface area contributed by atoms with Crippen molar-refractivity contribution in [3.63, 3.8) is 0 Å². The van der Waals surface area contributed by atoms with Crippen molar-refractivity contribution in [2.75, 3.05) is 19.8 Å². The van der Waals surface area contributed by atoms with Gasteiger partial charge in [-0.1, -0.05) is 99.3 Å². The molecule has 0 aromatic heterocycles. The van der Waals surface area contributed by atoms with Gasteiger partial charge in [-0.05, 0) is 64.2 Å². The molecule has 1 fully saturated rings. The van der Waals surface area contributed by atoms with Crippen LogP contribution in [0, 0.1) is 0 Å². The van der Waals surface area contributed by atoms with E-state index in [1.54, 1.807) is 0 Å². The molecule has 1 aliphatic heterocycles. The maximum atomic E-state index is 12.7. The summed E-state index contributed by atoms with van der Waals surface area (Å²) in [7, 11) is 0. The van der Waals surface area contributed by atoms with Crippen LogP contribution in [0.2, 0.25) is 0 Å². The summed E-state index contributed by atoms with van der Waals surface area (Å²) >= 11 is 0. The number of allylic oxidation sites excluding steroid dienone is 10. The molecule has 6 atom stereocenters. The van der Waals surface area contributed by atoms with Crippen molar-refractivity contribution in [3.8, 4) is 0 Å². The summed E-state index contributed by atoms with van der Waals surface area (Å²) < 4.78 is 22.0. The van der Waals surface area contributed by atoms with E-state index in [9.17, 15) is 30.0 Å². The van der Waals surface area contributed by atoms with Gasteiger partial charge in [-0.3, -0.25) is 9.59 Å². The van der Waals surface area contributed by atoms with Crippen LogP contribution in [0.15, 0.2) is 73.9 Å². The normalized spacial score (nSPS) is 21.5. The Labute approximate surface area is 306 Å². The number of aliphatic hydroxyl groups excluding tert-OH is 4. The summed E-state index contributed by atoms with van der Waals surface area (Å²) in [6, 6.07) is 0. The van der Waals surface area contributed by atoms with Gasteiger partial charge in [-0.2, -0.15) is 0 Å². The van der Waals surface area contributed by atoms with Crippen LogP contribution in [0.25, 0.3) is 0 Å². The highest BCUT2D eigenvalue weighted by Crippen LogP contribution is 2.22. The highest BCUT2D eigenvalue weighted by molar-refractivity contribution is 5.70. The molecular formula is C41H66O10. The molecule has 0 aromatic rings. The van der Waals surface area contributed by atoms with E-state index >= 15 is 0 Å². The molecule has 1 saturated heterocycles. The van der Waals surface area contributed by atoms with Crippen molar-refractivity contribution in [1.82, 2.24) is 0 Å². The van der Waals surface area contributed by atoms with Gasteiger partial charge in [0.25, 0.3) is 0 Å². The number of esters is 2. The smallest absolute Gasteiger partial charge is 0.306 e. The second-order valence-electron chi connectivity index (χ2n) is 12.8. The minimum absolute atomic E-state index is 0.198. The molecule has 0 aliphatic carbocycles. The van der Waals surface area contributed by atoms with Crippen molar-refractivity contribution in [2.24, 2.45) is 0 Å². The number of carbonyl (C=O) groups is 2. The number of hydrogen-bond donors (Lipinski definition) is 4. The van der Waals surface area contributed by atoms with Gasteiger partial charge in [-0.15, -0.1) is 13.2 Å². The van der Waals surface area contributed by atoms with Gasteiger partial charge in [0.1, 0.15) is 31.0 Å². The summed E-state index contributed by atoms with van der Waals surface area (Å²) in [6.45, 7) is 6.25.